The molecular weight excluding hydrogens is 188 g/mol. The van der Waals surface area contributed by atoms with Crippen molar-refractivity contribution in [3.05, 3.63) is 0 Å². The Morgan fingerprint density at radius 3 is 2.60 bits per heavy atom. The van der Waals surface area contributed by atoms with Crippen molar-refractivity contribution in [3.8, 4) is 6.07 Å². The largest absolute Gasteiger partial charge is 0.396 e. The predicted octanol–water partition coefficient (Wildman–Crippen LogP) is 2.07. The summed E-state index contributed by atoms with van der Waals surface area (Å²) in [6.07, 6.45) is 3.84. The molecule has 0 bridgehead atoms. The normalized spacial score (nSPS) is 13.5. The van der Waals surface area contributed by atoms with Crippen molar-refractivity contribution in [2.75, 3.05) is 13.2 Å². The molecule has 0 saturated carbocycles. The summed E-state index contributed by atoms with van der Waals surface area (Å²) in [6.45, 7) is 7.31. The molecule has 15 heavy (non-hydrogen) atoms. The van der Waals surface area contributed by atoms with Gasteiger partial charge >= 0.3 is 0 Å². The molecule has 2 N–H and O–H groups in total. The van der Waals surface area contributed by atoms with Gasteiger partial charge in [-0.05, 0) is 53.0 Å². The molecular formula is C12H24N2O. The van der Waals surface area contributed by atoms with E-state index in [0.29, 0.717) is 6.04 Å². The highest BCUT2D eigenvalue weighted by Gasteiger charge is 2.15. The van der Waals surface area contributed by atoms with Gasteiger partial charge in [0, 0.05) is 12.6 Å². The number of hydrogen-bond acceptors (Lipinski definition) is 3. The van der Waals surface area contributed by atoms with Gasteiger partial charge in [-0.3, -0.25) is 0 Å². The fourth-order valence-corrected chi connectivity index (χ4v) is 1.43. The maximum atomic E-state index is 8.82. The highest BCUT2D eigenvalue weighted by atomic mass is 16.2. The summed E-state index contributed by atoms with van der Waals surface area (Å²) >= 11 is 0. The maximum Gasteiger partial charge on any atom is 0.0683 e. The molecule has 0 aliphatic rings. The molecule has 0 heterocycles. The van der Waals surface area contributed by atoms with E-state index in [1.807, 2.05) is 13.8 Å². The molecule has 0 aliphatic carbocycles. The number of hydrogen-bond donors (Lipinski definition) is 2. The van der Waals surface area contributed by atoms with Crippen molar-refractivity contribution < 1.29 is 5.11 Å². The third-order valence-electron chi connectivity index (χ3n) is 2.57. The van der Waals surface area contributed by atoms with E-state index in [0.717, 1.165) is 32.2 Å². The number of nitrogens with one attached hydrogen (secondary N) is 1. The van der Waals surface area contributed by atoms with E-state index >= 15 is 0 Å². The lowest BCUT2D eigenvalue weighted by Gasteiger charge is -2.17. The molecule has 3 nitrogen and oxygen atoms in total. The summed E-state index contributed by atoms with van der Waals surface area (Å²) in [5.74, 6) is 0. The Bertz CT molecular complexity index is 196. The molecule has 88 valence electrons. The molecule has 0 saturated heterocycles. The van der Waals surface area contributed by atoms with E-state index in [2.05, 4.69) is 18.3 Å². The van der Waals surface area contributed by atoms with Gasteiger partial charge in [0.2, 0.25) is 0 Å². The molecule has 0 rings (SSSR count). The predicted molar refractivity (Wildman–Crippen MR) is 62.4 cm³/mol. The second-order valence-electron chi connectivity index (χ2n) is 4.82. The first-order chi connectivity index (χ1) is 7.02. The van der Waals surface area contributed by atoms with Gasteiger partial charge in [-0.2, -0.15) is 5.26 Å². The summed E-state index contributed by atoms with van der Waals surface area (Å²) in [5.41, 5.74) is -0.198. The van der Waals surface area contributed by atoms with Crippen LogP contribution in [0.25, 0.3) is 0 Å². The van der Waals surface area contributed by atoms with E-state index < -0.39 is 0 Å². The molecule has 0 aromatic carbocycles. The average Bonchev–Trinajstić information content (AvgIpc) is 2.21. The third-order valence-corrected chi connectivity index (χ3v) is 2.57. The highest BCUT2D eigenvalue weighted by molar-refractivity contribution is 4.91. The van der Waals surface area contributed by atoms with E-state index in [9.17, 15) is 0 Å². The zero-order valence-corrected chi connectivity index (χ0v) is 10.2. The first-order valence-corrected chi connectivity index (χ1v) is 5.77. The van der Waals surface area contributed by atoms with Gasteiger partial charge in [-0.15, -0.1) is 0 Å². The van der Waals surface area contributed by atoms with E-state index in [1.54, 1.807) is 0 Å². The van der Waals surface area contributed by atoms with Crippen molar-refractivity contribution in [1.82, 2.24) is 5.32 Å². The van der Waals surface area contributed by atoms with Gasteiger partial charge in [0.1, 0.15) is 0 Å². The molecule has 0 fully saturated rings. The fraction of sp³-hybridized carbons (Fsp3) is 0.917. The molecule has 3 heteroatoms. The minimum absolute atomic E-state index is 0.198. The van der Waals surface area contributed by atoms with Crippen LogP contribution in [0.2, 0.25) is 0 Å². The van der Waals surface area contributed by atoms with Crippen LogP contribution in [0.5, 0.6) is 0 Å². The van der Waals surface area contributed by atoms with Gasteiger partial charge in [0.05, 0.1) is 11.5 Å². The van der Waals surface area contributed by atoms with Gasteiger partial charge in [-0.25, -0.2) is 0 Å². The summed E-state index contributed by atoms with van der Waals surface area (Å²) in [5, 5.41) is 20.9. The quantitative estimate of drug-likeness (QED) is 0.606. The molecule has 0 aromatic heterocycles. The summed E-state index contributed by atoms with van der Waals surface area (Å²) < 4.78 is 0. The Kier molecular flexibility index (Phi) is 7.37. The molecule has 1 atom stereocenters. The van der Waals surface area contributed by atoms with Crippen molar-refractivity contribution in [2.45, 2.75) is 52.5 Å². The average molecular weight is 212 g/mol. The second-order valence-corrected chi connectivity index (χ2v) is 4.82. The standard InChI is InChI=1S/C12H24N2O/c1-11(6-4-9-15)14-8-5-7-12(2,3)10-13/h11,14-15H,4-9H2,1-3H3. The highest BCUT2D eigenvalue weighted by Crippen LogP contribution is 2.19. The van der Waals surface area contributed by atoms with Gasteiger partial charge in [-0.1, -0.05) is 0 Å². The fourth-order valence-electron chi connectivity index (χ4n) is 1.43. The lowest BCUT2D eigenvalue weighted by Crippen LogP contribution is -2.27. The SMILES string of the molecule is CC(CCCO)NCCCC(C)(C)C#N. The van der Waals surface area contributed by atoms with Crippen LogP contribution in [0.3, 0.4) is 0 Å². The van der Waals surface area contributed by atoms with E-state index in [1.165, 1.54) is 0 Å². The van der Waals surface area contributed by atoms with Gasteiger partial charge in [0.15, 0.2) is 0 Å². The van der Waals surface area contributed by atoms with Crippen LogP contribution < -0.4 is 5.32 Å². The molecule has 1 unspecified atom stereocenters. The first-order valence-electron chi connectivity index (χ1n) is 5.77. The number of aliphatic hydroxyl groups is 1. The number of rotatable bonds is 8. The van der Waals surface area contributed by atoms with E-state index in [-0.39, 0.29) is 12.0 Å². The Morgan fingerprint density at radius 2 is 2.07 bits per heavy atom. The Morgan fingerprint density at radius 1 is 1.40 bits per heavy atom. The molecule has 0 radical (unpaired) electrons. The maximum absolute atomic E-state index is 8.82. The van der Waals surface area contributed by atoms with Crippen LogP contribution in [0, 0.1) is 16.7 Å². The number of aliphatic hydroxyl groups excluding tert-OH is 1. The molecule has 0 amide bonds. The summed E-state index contributed by atoms with van der Waals surface area (Å²) in [6, 6.07) is 2.76. The Hall–Kier alpha value is -0.590. The smallest absolute Gasteiger partial charge is 0.0683 e. The van der Waals surface area contributed by atoms with Crippen molar-refractivity contribution in [1.29, 1.82) is 5.26 Å². The van der Waals surface area contributed by atoms with Gasteiger partial charge in [0.25, 0.3) is 0 Å². The van der Waals surface area contributed by atoms with Gasteiger partial charge < -0.3 is 10.4 Å². The van der Waals surface area contributed by atoms with Crippen LogP contribution in [0.15, 0.2) is 0 Å². The second kappa shape index (κ2) is 7.67. The minimum atomic E-state index is -0.198. The van der Waals surface area contributed by atoms with E-state index in [4.69, 9.17) is 10.4 Å². The lowest BCUT2D eigenvalue weighted by atomic mass is 9.90. The van der Waals surface area contributed by atoms with Crippen LogP contribution in [-0.4, -0.2) is 24.3 Å². The van der Waals surface area contributed by atoms with Crippen LogP contribution in [0.4, 0.5) is 0 Å². The monoisotopic (exact) mass is 212 g/mol. The van der Waals surface area contributed by atoms with Crippen LogP contribution >= 0.6 is 0 Å². The zero-order chi connectivity index (χ0) is 11.7. The third kappa shape index (κ3) is 8.41. The molecule has 0 spiro atoms. The lowest BCUT2D eigenvalue weighted by molar-refractivity contribution is 0.276. The van der Waals surface area contributed by atoms with Crippen LogP contribution in [-0.2, 0) is 0 Å². The number of nitriles is 1. The topological polar surface area (TPSA) is 56.0 Å². The van der Waals surface area contributed by atoms with Crippen LogP contribution in [0.1, 0.15) is 46.5 Å². The number of nitrogens with zero attached hydrogens (tertiary/aromatic N) is 1. The summed E-state index contributed by atoms with van der Waals surface area (Å²) in [4.78, 5) is 0. The minimum Gasteiger partial charge on any atom is -0.396 e. The zero-order valence-electron chi connectivity index (χ0n) is 10.2. The Labute approximate surface area is 93.5 Å². The summed E-state index contributed by atoms with van der Waals surface area (Å²) in [7, 11) is 0. The van der Waals surface area contributed by atoms with Crippen molar-refractivity contribution in [2.24, 2.45) is 5.41 Å². The van der Waals surface area contributed by atoms with Crippen molar-refractivity contribution in [3.63, 3.8) is 0 Å². The molecule has 0 aliphatic heterocycles. The molecule has 0 aromatic rings. The van der Waals surface area contributed by atoms with Crippen molar-refractivity contribution >= 4 is 0 Å². The first kappa shape index (κ1) is 14.4. The Balaban J connectivity index is 3.43.